The average Bonchev–Trinajstić information content (AvgIpc) is 3.03. The van der Waals surface area contributed by atoms with E-state index in [0.717, 1.165) is 36.3 Å². The van der Waals surface area contributed by atoms with E-state index >= 15 is 0 Å². The smallest absolute Gasteiger partial charge is 0.234 e. The SMILES string of the molecule is NC(=O)C1CCCN1Cc1ccccc1OCc1cccc(Cl)c1. The zero-order valence-electron chi connectivity index (χ0n) is 13.5. The number of halogens is 1. The van der Waals surface area contributed by atoms with Gasteiger partial charge in [-0.1, -0.05) is 41.9 Å². The number of para-hydroxylation sites is 1. The van der Waals surface area contributed by atoms with E-state index < -0.39 is 0 Å². The molecule has 1 atom stereocenters. The van der Waals surface area contributed by atoms with E-state index in [0.29, 0.717) is 18.2 Å². The molecule has 24 heavy (non-hydrogen) atoms. The van der Waals surface area contributed by atoms with Gasteiger partial charge in [-0.05, 0) is 43.1 Å². The molecule has 1 unspecified atom stereocenters. The molecule has 0 aliphatic carbocycles. The van der Waals surface area contributed by atoms with Crippen LogP contribution in [0.25, 0.3) is 0 Å². The molecular weight excluding hydrogens is 324 g/mol. The van der Waals surface area contributed by atoms with Gasteiger partial charge in [0.1, 0.15) is 12.4 Å². The van der Waals surface area contributed by atoms with E-state index in [2.05, 4.69) is 4.90 Å². The van der Waals surface area contributed by atoms with Crippen LogP contribution in [-0.2, 0) is 17.9 Å². The second-order valence-electron chi connectivity index (χ2n) is 6.06. The Morgan fingerprint density at radius 1 is 1.25 bits per heavy atom. The minimum Gasteiger partial charge on any atom is -0.489 e. The van der Waals surface area contributed by atoms with Gasteiger partial charge in [0.25, 0.3) is 0 Å². The third kappa shape index (κ3) is 4.08. The fourth-order valence-electron chi connectivity index (χ4n) is 3.12. The predicted octanol–water partition coefficient (Wildman–Crippen LogP) is 3.37. The van der Waals surface area contributed by atoms with Crippen molar-refractivity contribution in [3.05, 3.63) is 64.7 Å². The van der Waals surface area contributed by atoms with Crippen LogP contribution in [-0.4, -0.2) is 23.4 Å². The Bertz CT molecular complexity index is 720. The van der Waals surface area contributed by atoms with Crippen molar-refractivity contribution in [2.24, 2.45) is 5.73 Å². The monoisotopic (exact) mass is 344 g/mol. The van der Waals surface area contributed by atoms with Crippen LogP contribution in [0.3, 0.4) is 0 Å². The lowest BCUT2D eigenvalue weighted by Gasteiger charge is -2.23. The summed E-state index contributed by atoms with van der Waals surface area (Å²) in [5, 5.41) is 0.700. The van der Waals surface area contributed by atoms with Crippen molar-refractivity contribution in [3.8, 4) is 5.75 Å². The topological polar surface area (TPSA) is 55.6 Å². The standard InChI is InChI=1S/C19H21ClN2O2/c20-16-7-3-5-14(11-16)13-24-18-9-2-1-6-15(18)12-22-10-4-8-17(22)19(21)23/h1-3,5-7,9,11,17H,4,8,10,12-13H2,(H2,21,23). The van der Waals surface area contributed by atoms with Crippen LogP contribution in [0.1, 0.15) is 24.0 Å². The predicted molar refractivity (Wildman–Crippen MR) is 94.9 cm³/mol. The van der Waals surface area contributed by atoms with Crippen molar-refractivity contribution >= 4 is 17.5 Å². The van der Waals surface area contributed by atoms with Crippen molar-refractivity contribution < 1.29 is 9.53 Å². The van der Waals surface area contributed by atoms with E-state index in [9.17, 15) is 4.79 Å². The van der Waals surface area contributed by atoms with Gasteiger partial charge < -0.3 is 10.5 Å². The molecule has 0 bridgehead atoms. The average molecular weight is 345 g/mol. The van der Waals surface area contributed by atoms with Gasteiger partial charge >= 0.3 is 0 Å². The van der Waals surface area contributed by atoms with Gasteiger partial charge in [-0.3, -0.25) is 9.69 Å². The van der Waals surface area contributed by atoms with Crippen LogP contribution in [0, 0.1) is 0 Å². The first-order chi connectivity index (χ1) is 11.6. The minimum atomic E-state index is -0.246. The van der Waals surface area contributed by atoms with Crippen molar-refractivity contribution in [1.82, 2.24) is 4.90 Å². The summed E-state index contributed by atoms with van der Waals surface area (Å²) in [6.45, 7) is 2.01. The van der Waals surface area contributed by atoms with E-state index in [4.69, 9.17) is 22.1 Å². The van der Waals surface area contributed by atoms with Crippen LogP contribution in [0.4, 0.5) is 0 Å². The molecule has 126 valence electrons. The first-order valence-corrected chi connectivity index (χ1v) is 8.50. The number of hydrogen-bond acceptors (Lipinski definition) is 3. The molecule has 2 aromatic rings. The molecule has 2 aromatic carbocycles. The Hall–Kier alpha value is -2.04. The molecule has 4 nitrogen and oxygen atoms in total. The molecule has 0 spiro atoms. The number of primary amides is 1. The molecule has 1 fully saturated rings. The van der Waals surface area contributed by atoms with Crippen molar-refractivity contribution in [2.75, 3.05) is 6.54 Å². The van der Waals surface area contributed by atoms with Crippen molar-refractivity contribution in [3.63, 3.8) is 0 Å². The van der Waals surface area contributed by atoms with E-state index in [1.807, 2.05) is 48.5 Å². The first-order valence-electron chi connectivity index (χ1n) is 8.12. The number of amides is 1. The molecule has 3 rings (SSSR count). The molecule has 1 heterocycles. The normalized spacial score (nSPS) is 17.8. The molecule has 1 aliphatic rings. The van der Waals surface area contributed by atoms with Gasteiger partial charge in [-0.15, -0.1) is 0 Å². The molecule has 0 saturated carbocycles. The number of nitrogens with two attached hydrogens (primary N) is 1. The van der Waals surface area contributed by atoms with E-state index in [1.165, 1.54) is 0 Å². The number of carbonyl (C=O) groups is 1. The maximum atomic E-state index is 11.6. The second kappa shape index (κ2) is 7.69. The lowest BCUT2D eigenvalue weighted by molar-refractivity contribution is -0.122. The largest absolute Gasteiger partial charge is 0.489 e. The number of benzene rings is 2. The highest BCUT2D eigenvalue weighted by molar-refractivity contribution is 6.30. The molecule has 1 aliphatic heterocycles. The maximum Gasteiger partial charge on any atom is 0.234 e. The summed E-state index contributed by atoms with van der Waals surface area (Å²) < 4.78 is 5.98. The maximum absolute atomic E-state index is 11.6. The Balaban J connectivity index is 1.70. The zero-order valence-corrected chi connectivity index (χ0v) is 14.2. The zero-order chi connectivity index (χ0) is 16.9. The molecule has 5 heteroatoms. The number of rotatable bonds is 6. The number of hydrogen-bond donors (Lipinski definition) is 1. The van der Waals surface area contributed by atoms with Crippen molar-refractivity contribution in [2.45, 2.75) is 32.0 Å². The molecule has 0 radical (unpaired) electrons. The van der Waals surface area contributed by atoms with E-state index in [1.54, 1.807) is 0 Å². The van der Waals surface area contributed by atoms with Crippen LogP contribution >= 0.6 is 11.6 Å². The van der Waals surface area contributed by atoms with Gasteiger partial charge in [0.2, 0.25) is 5.91 Å². The summed E-state index contributed by atoms with van der Waals surface area (Å²) in [7, 11) is 0. The molecule has 2 N–H and O–H groups in total. The number of likely N-dealkylation sites (tertiary alicyclic amines) is 1. The molecular formula is C19H21ClN2O2. The lowest BCUT2D eigenvalue weighted by atomic mass is 10.1. The Morgan fingerprint density at radius 3 is 2.88 bits per heavy atom. The highest BCUT2D eigenvalue weighted by atomic mass is 35.5. The van der Waals surface area contributed by atoms with Crippen LogP contribution in [0.5, 0.6) is 5.75 Å². The van der Waals surface area contributed by atoms with Gasteiger partial charge in [-0.25, -0.2) is 0 Å². The summed E-state index contributed by atoms with van der Waals surface area (Å²) in [6, 6.07) is 15.4. The van der Waals surface area contributed by atoms with E-state index in [-0.39, 0.29) is 11.9 Å². The van der Waals surface area contributed by atoms with Crippen molar-refractivity contribution in [1.29, 1.82) is 0 Å². The summed E-state index contributed by atoms with van der Waals surface area (Å²) in [5.41, 5.74) is 7.59. The van der Waals surface area contributed by atoms with Gasteiger partial charge in [0.15, 0.2) is 0 Å². The number of ether oxygens (including phenoxy) is 1. The number of nitrogens with zero attached hydrogens (tertiary/aromatic N) is 1. The van der Waals surface area contributed by atoms with Gasteiger partial charge in [0, 0.05) is 17.1 Å². The highest BCUT2D eigenvalue weighted by Crippen LogP contribution is 2.26. The molecule has 1 amide bonds. The highest BCUT2D eigenvalue weighted by Gasteiger charge is 2.29. The minimum absolute atomic E-state index is 0.175. The van der Waals surface area contributed by atoms with Crippen LogP contribution < -0.4 is 10.5 Å². The van der Waals surface area contributed by atoms with Gasteiger partial charge in [-0.2, -0.15) is 0 Å². The van der Waals surface area contributed by atoms with Crippen LogP contribution in [0.2, 0.25) is 5.02 Å². The third-order valence-electron chi connectivity index (χ3n) is 4.32. The summed E-state index contributed by atoms with van der Waals surface area (Å²) >= 11 is 6.01. The Morgan fingerprint density at radius 2 is 2.08 bits per heavy atom. The summed E-state index contributed by atoms with van der Waals surface area (Å²) in [5.74, 6) is 0.581. The lowest BCUT2D eigenvalue weighted by Crippen LogP contribution is -2.39. The Kier molecular flexibility index (Phi) is 5.38. The third-order valence-corrected chi connectivity index (χ3v) is 4.56. The summed E-state index contributed by atoms with van der Waals surface area (Å²) in [4.78, 5) is 13.7. The summed E-state index contributed by atoms with van der Waals surface area (Å²) in [6.07, 6.45) is 1.83. The molecule has 1 saturated heterocycles. The van der Waals surface area contributed by atoms with Crippen LogP contribution in [0.15, 0.2) is 48.5 Å². The fraction of sp³-hybridized carbons (Fsp3) is 0.316. The molecule has 0 aromatic heterocycles. The number of carbonyl (C=O) groups excluding carboxylic acids is 1. The fourth-order valence-corrected chi connectivity index (χ4v) is 3.33. The second-order valence-corrected chi connectivity index (χ2v) is 6.49. The van der Waals surface area contributed by atoms with Gasteiger partial charge in [0.05, 0.1) is 6.04 Å². The Labute approximate surface area is 147 Å². The quantitative estimate of drug-likeness (QED) is 0.874. The first kappa shape index (κ1) is 16.8.